The number of hydrogen-bond donors (Lipinski definition) is 4. The largest absolute Gasteiger partial charge is 0.480 e. The zero-order valence-corrected chi connectivity index (χ0v) is 25.1. The molecule has 6 rings (SSSR count). The molecule has 0 amide bonds. The fourth-order valence-electron chi connectivity index (χ4n) is 6.14. The SMILES string of the molecule is CN1c2ccc(OCNc3cccc(-n4c(S)nnc4S)c3)cc2CC(C2=C(c3ccsc3)CCCC2)C1C(=O)O. The van der Waals surface area contributed by atoms with Gasteiger partial charge in [-0.1, -0.05) is 11.6 Å². The summed E-state index contributed by atoms with van der Waals surface area (Å²) in [5.41, 5.74) is 7.63. The molecule has 0 bridgehead atoms. The molecule has 4 aromatic rings. The molecular weight excluding hydrogens is 575 g/mol. The summed E-state index contributed by atoms with van der Waals surface area (Å²) in [7, 11) is 1.90. The van der Waals surface area contributed by atoms with Gasteiger partial charge in [-0.2, -0.15) is 11.3 Å². The van der Waals surface area contributed by atoms with Crippen molar-refractivity contribution in [3.8, 4) is 11.4 Å². The maximum absolute atomic E-state index is 12.6. The molecule has 0 spiro atoms. The number of benzene rings is 2. The zero-order valence-electron chi connectivity index (χ0n) is 22.5. The highest BCUT2D eigenvalue weighted by molar-refractivity contribution is 7.80. The summed E-state index contributed by atoms with van der Waals surface area (Å²) in [5.74, 6) is -0.139. The molecule has 1 aliphatic heterocycles. The van der Waals surface area contributed by atoms with Crippen molar-refractivity contribution < 1.29 is 14.6 Å². The van der Waals surface area contributed by atoms with Crippen LogP contribution in [0.25, 0.3) is 11.3 Å². The van der Waals surface area contributed by atoms with Gasteiger partial charge in [0.1, 0.15) is 11.8 Å². The van der Waals surface area contributed by atoms with Gasteiger partial charge in [0.15, 0.2) is 17.0 Å². The van der Waals surface area contributed by atoms with E-state index in [1.54, 1.807) is 15.9 Å². The van der Waals surface area contributed by atoms with Gasteiger partial charge < -0.3 is 20.1 Å². The molecule has 2 atom stereocenters. The topological polar surface area (TPSA) is 92.5 Å². The molecule has 1 aliphatic carbocycles. The number of likely N-dealkylation sites (N-methyl/N-ethyl adjacent to an activating group) is 1. The zero-order chi connectivity index (χ0) is 28.5. The van der Waals surface area contributed by atoms with Crippen LogP contribution in [0.3, 0.4) is 0 Å². The summed E-state index contributed by atoms with van der Waals surface area (Å²) in [5, 5.41) is 26.7. The maximum atomic E-state index is 12.6. The molecule has 11 heteroatoms. The smallest absolute Gasteiger partial charge is 0.326 e. The van der Waals surface area contributed by atoms with Crippen LogP contribution >= 0.6 is 36.6 Å². The van der Waals surface area contributed by atoms with Crippen molar-refractivity contribution >= 4 is 59.5 Å². The predicted molar refractivity (Wildman–Crippen MR) is 168 cm³/mol. The Bertz CT molecular complexity index is 1580. The van der Waals surface area contributed by atoms with E-state index in [1.807, 2.05) is 48.3 Å². The summed E-state index contributed by atoms with van der Waals surface area (Å²) in [6, 6.07) is 15.3. The number of aromatic nitrogens is 3. The molecule has 0 fully saturated rings. The Labute approximate surface area is 253 Å². The van der Waals surface area contributed by atoms with Gasteiger partial charge >= 0.3 is 5.97 Å². The number of carboxylic acids is 1. The lowest BCUT2D eigenvalue weighted by molar-refractivity contribution is -0.139. The minimum atomic E-state index is -0.779. The Morgan fingerprint density at radius 1 is 1.12 bits per heavy atom. The lowest BCUT2D eigenvalue weighted by Crippen LogP contribution is -2.49. The van der Waals surface area contributed by atoms with Gasteiger partial charge in [0, 0.05) is 24.3 Å². The van der Waals surface area contributed by atoms with E-state index < -0.39 is 12.0 Å². The minimum Gasteiger partial charge on any atom is -0.480 e. The standard InChI is InChI=1S/C30H31N5O3S3/c1-34-26-10-9-22(38-17-31-20-5-4-6-21(15-20)35-29(39)32-33-30(35)40)13-19(26)14-25(27(34)28(36)37)24-8-3-2-7-23(24)18-11-12-41-16-18/h4-6,9-13,15-16,25,27,31H,2-3,7-8,14,17H2,1H3,(H,32,39)(H,33,40)(H,36,37). The van der Waals surface area contributed by atoms with Gasteiger partial charge in [0.2, 0.25) is 0 Å². The van der Waals surface area contributed by atoms with Crippen molar-refractivity contribution in [3.05, 3.63) is 76.0 Å². The van der Waals surface area contributed by atoms with Crippen LogP contribution in [-0.2, 0) is 11.2 Å². The van der Waals surface area contributed by atoms with E-state index in [1.165, 1.54) is 16.7 Å². The van der Waals surface area contributed by atoms with Crippen molar-refractivity contribution in [2.24, 2.45) is 5.92 Å². The van der Waals surface area contributed by atoms with Gasteiger partial charge in [0.05, 0.1) is 5.69 Å². The van der Waals surface area contributed by atoms with E-state index in [2.05, 4.69) is 63.7 Å². The Morgan fingerprint density at radius 2 is 1.93 bits per heavy atom. The number of thiol groups is 2. The van der Waals surface area contributed by atoms with Crippen molar-refractivity contribution in [1.82, 2.24) is 14.8 Å². The average molecular weight is 606 g/mol. The Kier molecular flexibility index (Phi) is 8.01. The number of carboxylic acid groups (broad SMARTS) is 1. The third kappa shape index (κ3) is 5.58. The van der Waals surface area contributed by atoms with Crippen LogP contribution in [0, 0.1) is 5.92 Å². The Balaban J connectivity index is 1.22. The summed E-state index contributed by atoms with van der Waals surface area (Å²) in [6.07, 6.45) is 4.86. The number of nitrogens with zero attached hydrogens (tertiary/aromatic N) is 4. The number of anilines is 2. The molecule has 212 valence electrons. The first-order chi connectivity index (χ1) is 19.9. The molecule has 41 heavy (non-hydrogen) atoms. The molecule has 2 aliphatic rings. The number of aliphatic carboxylic acids is 1. The van der Waals surface area contributed by atoms with E-state index in [9.17, 15) is 9.90 Å². The number of allylic oxidation sites excluding steroid dienone is 1. The fourth-order valence-corrected chi connectivity index (χ4v) is 7.40. The third-order valence-corrected chi connectivity index (χ3v) is 9.26. The number of thiophene rings is 1. The van der Waals surface area contributed by atoms with Crippen LogP contribution in [0.15, 0.2) is 75.2 Å². The predicted octanol–water partition coefficient (Wildman–Crippen LogP) is 6.44. The molecule has 0 saturated heterocycles. The first-order valence-electron chi connectivity index (χ1n) is 13.5. The van der Waals surface area contributed by atoms with Crippen molar-refractivity contribution in [2.45, 2.75) is 48.5 Å². The monoisotopic (exact) mass is 605 g/mol. The van der Waals surface area contributed by atoms with E-state index in [0.717, 1.165) is 54.1 Å². The van der Waals surface area contributed by atoms with Crippen molar-refractivity contribution in [3.63, 3.8) is 0 Å². The number of fused-ring (bicyclic) bond motifs is 1. The summed E-state index contributed by atoms with van der Waals surface area (Å²) in [6.45, 7) is 0.260. The van der Waals surface area contributed by atoms with Gasteiger partial charge in [-0.15, -0.1) is 35.5 Å². The number of ether oxygens (including phenoxy) is 1. The van der Waals surface area contributed by atoms with Crippen LogP contribution in [0.1, 0.15) is 36.8 Å². The quantitative estimate of drug-likeness (QED) is 0.136. The molecule has 2 aromatic carbocycles. The minimum absolute atomic E-state index is 0.0950. The van der Waals surface area contributed by atoms with E-state index in [0.29, 0.717) is 16.7 Å². The molecule has 2 unspecified atom stereocenters. The third-order valence-electron chi connectivity index (χ3n) is 8.00. The molecule has 2 aromatic heterocycles. The lowest BCUT2D eigenvalue weighted by Gasteiger charge is -2.42. The molecular formula is C30H31N5O3S3. The van der Waals surface area contributed by atoms with E-state index in [-0.39, 0.29) is 12.6 Å². The maximum Gasteiger partial charge on any atom is 0.326 e. The van der Waals surface area contributed by atoms with Gasteiger partial charge in [-0.05, 0) is 102 Å². The summed E-state index contributed by atoms with van der Waals surface area (Å²) in [4.78, 5) is 14.5. The van der Waals surface area contributed by atoms with Gasteiger partial charge in [-0.3, -0.25) is 4.57 Å². The lowest BCUT2D eigenvalue weighted by atomic mass is 9.74. The molecule has 0 saturated carbocycles. The number of rotatable bonds is 8. The first-order valence-corrected chi connectivity index (χ1v) is 15.4. The van der Waals surface area contributed by atoms with Gasteiger partial charge in [-0.25, -0.2) is 4.79 Å². The second kappa shape index (κ2) is 11.8. The summed E-state index contributed by atoms with van der Waals surface area (Å²) >= 11 is 10.4. The average Bonchev–Trinajstić information content (AvgIpc) is 3.62. The highest BCUT2D eigenvalue weighted by Gasteiger charge is 2.40. The molecule has 8 nitrogen and oxygen atoms in total. The van der Waals surface area contributed by atoms with Crippen LogP contribution < -0.4 is 15.0 Å². The number of nitrogens with one attached hydrogen (secondary N) is 1. The van der Waals surface area contributed by atoms with E-state index >= 15 is 0 Å². The Hall–Kier alpha value is -3.41. The van der Waals surface area contributed by atoms with Gasteiger partial charge in [0.25, 0.3) is 0 Å². The highest BCUT2D eigenvalue weighted by atomic mass is 32.1. The van der Waals surface area contributed by atoms with Crippen LogP contribution in [-0.4, -0.2) is 45.7 Å². The molecule has 0 radical (unpaired) electrons. The number of hydrogen-bond acceptors (Lipinski definition) is 9. The van der Waals surface area contributed by atoms with E-state index in [4.69, 9.17) is 4.74 Å². The van der Waals surface area contributed by atoms with Crippen molar-refractivity contribution in [1.29, 1.82) is 0 Å². The number of carbonyl (C=O) groups is 1. The first kappa shape index (κ1) is 27.7. The van der Waals surface area contributed by atoms with Crippen LogP contribution in [0.4, 0.5) is 11.4 Å². The fraction of sp³-hybridized carbons (Fsp3) is 0.300. The van der Waals surface area contributed by atoms with Crippen molar-refractivity contribution in [2.75, 3.05) is 24.0 Å². The second-order valence-corrected chi connectivity index (χ2v) is 11.9. The normalized spacial score (nSPS) is 18.8. The second-order valence-electron chi connectivity index (χ2n) is 10.4. The Morgan fingerprint density at radius 3 is 2.68 bits per heavy atom. The van der Waals surface area contributed by atoms with Crippen LogP contribution in [0.2, 0.25) is 0 Å². The summed E-state index contributed by atoms with van der Waals surface area (Å²) < 4.78 is 7.85. The highest BCUT2D eigenvalue weighted by Crippen LogP contribution is 2.44. The van der Waals surface area contributed by atoms with Crippen LogP contribution in [0.5, 0.6) is 5.75 Å². The molecule has 3 heterocycles. The molecule has 2 N–H and O–H groups in total.